The first kappa shape index (κ1) is 23.4. The Balaban J connectivity index is 1.50. The van der Waals surface area contributed by atoms with E-state index in [-0.39, 0.29) is 24.8 Å². The van der Waals surface area contributed by atoms with E-state index in [9.17, 15) is 13.6 Å². The molecule has 7 heteroatoms. The number of rotatable bonds is 7. The van der Waals surface area contributed by atoms with E-state index in [1.54, 1.807) is 6.07 Å². The number of halogens is 2. The molecule has 176 valence electrons. The fraction of sp³-hybridized carbons (Fsp3) is 0.259. The summed E-state index contributed by atoms with van der Waals surface area (Å²) < 4.78 is 27.8. The molecule has 0 bridgehead atoms. The van der Waals surface area contributed by atoms with Crippen LogP contribution in [0.4, 0.5) is 19.3 Å². The van der Waals surface area contributed by atoms with Crippen molar-refractivity contribution in [1.82, 2.24) is 4.90 Å². The fourth-order valence-electron chi connectivity index (χ4n) is 3.83. The summed E-state index contributed by atoms with van der Waals surface area (Å²) in [6.07, 6.45) is 0.973. The van der Waals surface area contributed by atoms with Gasteiger partial charge in [-0.1, -0.05) is 60.1 Å². The molecule has 4 rings (SSSR count). The number of hydrogen-bond acceptors (Lipinski definition) is 3. The summed E-state index contributed by atoms with van der Waals surface area (Å²) in [6, 6.07) is 18.5. The van der Waals surface area contributed by atoms with Gasteiger partial charge in [0.1, 0.15) is 11.6 Å². The van der Waals surface area contributed by atoms with Crippen molar-refractivity contribution in [2.75, 3.05) is 11.9 Å². The van der Waals surface area contributed by atoms with Gasteiger partial charge in [-0.25, -0.2) is 13.6 Å². The molecule has 1 N–H and O–H groups in total. The maximum Gasteiger partial charge on any atom is 0.322 e. The SMILES string of the molecule is CCc1cccc(NC(=O)N(Cc2ccc(F)cc2F)CC2CC(c3ccc(C)cc3)=NO2)c1. The van der Waals surface area contributed by atoms with Gasteiger partial charge in [-0.3, -0.25) is 0 Å². The van der Waals surface area contributed by atoms with Gasteiger partial charge < -0.3 is 15.1 Å². The smallest absolute Gasteiger partial charge is 0.322 e. The quantitative estimate of drug-likeness (QED) is 0.463. The summed E-state index contributed by atoms with van der Waals surface area (Å²) in [4.78, 5) is 20.3. The zero-order valence-electron chi connectivity index (χ0n) is 19.2. The van der Waals surface area contributed by atoms with Crippen molar-refractivity contribution in [3.63, 3.8) is 0 Å². The first-order valence-corrected chi connectivity index (χ1v) is 11.3. The molecule has 3 aromatic carbocycles. The number of urea groups is 1. The molecule has 34 heavy (non-hydrogen) atoms. The van der Waals surface area contributed by atoms with Gasteiger partial charge in [0.05, 0.1) is 18.8 Å². The Morgan fingerprint density at radius 3 is 2.65 bits per heavy atom. The van der Waals surface area contributed by atoms with Gasteiger partial charge in [-0.2, -0.15) is 0 Å². The lowest BCUT2D eigenvalue weighted by atomic mass is 10.0. The molecule has 0 spiro atoms. The van der Waals surface area contributed by atoms with Crippen molar-refractivity contribution in [3.05, 3.63) is 101 Å². The Labute approximate surface area is 198 Å². The molecule has 0 aromatic heterocycles. The first-order chi connectivity index (χ1) is 16.4. The minimum Gasteiger partial charge on any atom is -0.390 e. The van der Waals surface area contributed by atoms with Crippen LogP contribution in [0.1, 0.15) is 35.6 Å². The summed E-state index contributed by atoms with van der Waals surface area (Å²) in [7, 11) is 0. The second kappa shape index (κ2) is 10.5. The summed E-state index contributed by atoms with van der Waals surface area (Å²) in [5, 5.41) is 7.10. The highest BCUT2D eigenvalue weighted by molar-refractivity contribution is 6.01. The first-order valence-electron chi connectivity index (χ1n) is 11.3. The van der Waals surface area contributed by atoms with E-state index in [0.717, 1.165) is 34.9 Å². The molecule has 1 aliphatic rings. The number of amides is 2. The zero-order valence-corrected chi connectivity index (χ0v) is 19.2. The predicted molar refractivity (Wildman–Crippen MR) is 129 cm³/mol. The van der Waals surface area contributed by atoms with Crippen LogP contribution in [0, 0.1) is 18.6 Å². The van der Waals surface area contributed by atoms with E-state index in [2.05, 4.69) is 10.5 Å². The van der Waals surface area contributed by atoms with Gasteiger partial charge in [0.2, 0.25) is 0 Å². The Morgan fingerprint density at radius 2 is 1.91 bits per heavy atom. The van der Waals surface area contributed by atoms with Crippen LogP contribution in [-0.2, 0) is 17.8 Å². The molecule has 0 fully saturated rings. The maximum atomic E-state index is 14.4. The van der Waals surface area contributed by atoms with Crippen LogP contribution in [-0.4, -0.2) is 29.3 Å². The molecule has 0 aliphatic carbocycles. The van der Waals surface area contributed by atoms with Gasteiger partial charge in [0, 0.05) is 23.7 Å². The Morgan fingerprint density at radius 1 is 1.12 bits per heavy atom. The zero-order chi connectivity index (χ0) is 24.1. The van der Waals surface area contributed by atoms with Crippen molar-refractivity contribution in [3.8, 4) is 0 Å². The lowest BCUT2D eigenvalue weighted by molar-refractivity contribution is 0.0606. The number of nitrogens with zero attached hydrogens (tertiary/aromatic N) is 2. The van der Waals surface area contributed by atoms with Crippen molar-refractivity contribution in [2.24, 2.45) is 5.16 Å². The molecule has 5 nitrogen and oxygen atoms in total. The summed E-state index contributed by atoms with van der Waals surface area (Å²) in [5.74, 6) is -1.36. The molecule has 2 amide bonds. The molecule has 1 atom stereocenters. The third-order valence-corrected chi connectivity index (χ3v) is 5.79. The van der Waals surface area contributed by atoms with Crippen LogP contribution in [0.5, 0.6) is 0 Å². The average molecular weight is 464 g/mol. The fourth-order valence-corrected chi connectivity index (χ4v) is 3.83. The van der Waals surface area contributed by atoms with Gasteiger partial charge in [-0.05, 0) is 42.7 Å². The Bertz CT molecular complexity index is 1190. The second-order valence-corrected chi connectivity index (χ2v) is 8.44. The average Bonchev–Trinajstić information content (AvgIpc) is 3.29. The van der Waals surface area contributed by atoms with Crippen LogP contribution < -0.4 is 5.32 Å². The third kappa shape index (κ3) is 5.78. The molecule has 3 aromatic rings. The third-order valence-electron chi connectivity index (χ3n) is 5.79. The van der Waals surface area contributed by atoms with E-state index in [0.29, 0.717) is 12.1 Å². The lowest BCUT2D eigenvalue weighted by Gasteiger charge is -2.25. The highest BCUT2D eigenvalue weighted by Crippen LogP contribution is 2.21. The van der Waals surface area contributed by atoms with Crippen molar-refractivity contribution < 1.29 is 18.4 Å². The normalized spacial score (nSPS) is 14.9. The number of nitrogens with one attached hydrogen (secondary N) is 1. The van der Waals surface area contributed by atoms with Crippen LogP contribution in [0.15, 0.2) is 71.9 Å². The largest absolute Gasteiger partial charge is 0.390 e. The topological polar surface area (TPSA) is 53.9 Å². The number of carbonyl (C=O) groups is 1. The lowest BCUT2D eigenvalue weighted by Crippen LogP contribution is -2.40. The molecule has 1 aliphatic heterocycles. The van der Waals surface area contributed by atoms with Crippen molar-refractivity contribution >= 4 is 17.4 Å². The summed E-state index contributed by atoms with van der Waals surface area (Å²) in [6.45, 7) is 4.20. The van der Waals surface area contributed by atoms with Gasteiger partial charge in [0.15, 0.2) is 6.10 Å². The van der Waals surface area contributed by atoms with Crippen molar-refractivity contribution in [2.45, 2.75) is 39.3 Å². The number of benzene rings is 3. The highest BCUT2D eigenvalue weighted by Gasteiger charge is 2.27. The summed E-state index contributed by atoms with van der Waals surface area (Å²) >= 11 is 0. The van der Waals surface area contributed by atoms with E-state index in [4.69, 9.17) is 4.84 Å². The van der Waals surface area contributed by atoms with Crippen LogP contribution in [0.3, 0.4) is 0 Å². The molecule has 0 radical (unpaired) electrons. The predicted octanol–water partition coefficient (Wildman–Crippen LogP) is 6.06. The second-order valence-electron chi connectivity index (χ2n) is 8.44. The van der Waals surface area contributed by atoms with E-state index >= 15 is 0 Å². The Kier molecular flexibility index (Phi) is 7.21. The van der Waals surface area contributed by atoms with Crippen molar-refractivity contribution in [1.29, 1.82) is 0 Å². The minimum absolute atomic E-state index is 0.0366. The van der Waals surface area contributed by atoms with Crippen LogP contribution in [0.25, 0.3) is 0 Å². The maximum absolute atomic E-state index is 14.4. The molecular formula is C27H27F2N3O2. The number of carbonyl (C=O) groups excluding carboxylic acids is 1. The summed E-state index contributed by atoms with van der Waals surface area (Å²) in [5.41, 5.74) is 4.87. The number of anilines is 1. The monoisotopic (exact) mass is 463 g/mol. The van der Waals surface area contributed by atoms with E-state index < -0.39 is 17.7 Å². The standard InChI is InChI=1S/C27H27F2N3O2/c1-3-19-5-4-6-23(13-19)30-27(33)32(16-21-11-12-22(28)14-25(21)29)17-24-15-26(31-34-24)20-9-7-18(2)8-10-20/h4-14,24H,3,15-17H2,1-2H3,(H,30,33). The van der Waals surface area contributed by atoms with Gasteiger partial charge in [-0.15, -0.1) is 0 Å². The molecule has 1 unspecified atom stereocenters. The molecular weight excluding hydrogens is 436 g/mol. The van der Waals surface area contributed by atoms with Crippen LogP contribution >= 0.6 is 0 Å². The van der Waals surface area contributed by atoms with E-state index in [1.807, 2.05) is 56.3 Å². The molecule has 0 saturated heterocycles. The molecule has 0 saturated carbocycles. The number of oxime groups is 1. The highest BCUT2D eigenvalue weighted by atomic mass is 19.1. The molecule has 1 heterocycles. The van der Waals surface area contributed by atoms with E-state index in [1.165, 1.54) is 17.0 Å². The van der Waals surface area contributed by atoms with Gasteiger partial charge >= 0.3 is 6.03 Å². The minimum atomic E-state index is -0.699. The number of hydrogen-bond donors (Lipinski definition) is 1. The Hall–Kier alpha value is -3.74. The van der Waals surface area contributed by atoms with Gasteiger partial charge in [0.25, 0.3) is 0 Å². The van der Waals surface area contributed by atoms with Crippen LogP contribution in [0.2, 0.25) is 0 Å². The number of aryl methyl sites for hydroxylation is 2.